The van der Waals surface area contributed by atoms with E-state index in [-0.39, 0.29) is 17.5 Å². The zero-order valence-corrected chi connectivity index (χ0v) is 42.2. The van der Waals surface area contributed by atoms with E-state index in [9.17, 15) is 0 Å². The van der Waals surface area contributed by atoms with Crippen molar-refractivity contribution >= 4 is 139 Å². The highest BCUT2D eigenvalue weighted by atomic mass is 32.1. The Morgan fingerprint density at radius 3 is 1.78 bits per heavy atom. The molecular weight excluding hydrogens is 894 g/mol. The molecule has 4 heterocycles. The molecule has 14 rings (SSSR count). The first-order valence-electron chi connectivity index (χ1n) is 25.2. The quantitative estimate of drug-likeness (QED) is 0.160. The minimum absolute atomic E-state index is 0.00674. The third-order valence-corrected chi connectivity index (χ3v) is 16.5. The van der Waals surface area contributed by atoms with E-state index in [2.05, 4.69) is 256 Å². The van der Waals surface area contributed by atoms with E-state index >= 15 is 0 Å². The fraction of sp³-hybridized carbons (Fsp3) is 0.121. The van der Waals surface area contributed by atoms with Crippen molar-refractivity contribution in [1.82, 2.24) is 0 Å². The number of hydrogen-bond donors (Lipinski definition) is 0. The topological polar surface area (TPSA) is 22.9 Å². The molecule has 6 heteroatoms. The largest absolute Gasteiger partial charge is 0.456 e. The Morgan fingerprint density at radius 2 is 1.03 bits per heavy atom. The van der Waals surface area contributed by atoms with Gasteiger partial charge < -0.3 is 19.1 Å². The lowest BCUT2D eigenvalue weighted by atomic mass is 9.33. The molecule has 0 N–H and O–H groups in total. The van der Waals surface area contributed by atoms with Gasteiger partial charge in [-0.2, -0.15) is 0 Å². The van der Waals surface area contributed by atoms with Crippen molar-refractivity contribution in [3.63, 3.8) is 0 Å². The maximum absolute atomic E-state index is 6.41. The van der Waals surface area contributed by atoms with Crippen LogP contribution in [0.25, 0.3) is 52.9 Å². The summed E-state index contributed by atoms with van der Waals surface area (Å²) in [6, 6.07) is 77.1. The number of hydrogen-bond acceptors (Lipinski definition) is 5. The van der Waals surface area contributed by atoms with E-state index in [1.54, 1.807) is 0 Å². The standard InChI is InChI=1S/C66H52BN3OS/c1-65(2,3)42-25-29-44(30-26-42)69-55-21-14-22-56-63(55)67(53-36-38-61-62(50-19-10-12-24-60(50)72-61)64(53)70(56)45-31-27-43(28-32-45)66(4,5)6)52-35-33-47(40-57(52)69)68(54-20-13-16-41-15-7-8-17-48(41)54)46-34-37-59-51(39-46)49-18-9-11-23-58(49)71-59/h7-40H,1-6H3. The highest BCUT2D eigenvalue weighted by Gasteiger charge is 2.44. The van der Waals surface area contributed by atoms with Gasteiger partial charge in [-0.15, -0.1) is 11.3 Å². The molecule has 72 heavy (non-hydrogen) atoms. The second-order valence-corrected chi connectivity index (χ2v) is 22.8. The van der Waals surface area contributed by atoms with E-state index in [1.807, 2.05) is 17.4 Å². The maximum Gasteiger partial charge on any atom is 0.252 e. The van der Waals surface area contributed by atoms with Gasteiger partial charge in [-0.1, -0.05) is 157 Å². The predicted molar refractivity (Wildman–Crippen MR) is 310 cm³/mol. The Hall–Kier alpha value is -8.06. The number of furan rings is 1. The zero-order valence-electron chi connectivity index (χ0n) is 41.4. The van der Waals surface area contributed by atoms with Gasteiger partial charge in [0.05, 0.1) is 11.4 Å². The summed E-state index contributed by atoms with van der Waals surface area (Å²) in [5, 5.41) is 7.19. The van der Waals surface area contributed by atoms with E-state index in [0.717, 1.165) is 56.1 Å². The Labute approximate surface area is 425 Å². The number of benzene rings is 10. The minimum atomic E-state index is -0.0480. The highest BCUT2D eigenvalue weighted by molar-refractivity contribution is 7.26. The summed E-state index contributed by atoms with van der Waals surface area (Å²) in [7, 11) is 0. The average molecular weight is 946 g/mol. The van der Waals surface area contributed by atoms with Crippen LogP contribution in [0.4, 0.5) is 51.2 Å². The van der Waals surface area contributed by atoms with Crippen molar-refractivity contribution in [2.45, 2.75) is 52.4 Å². The van der Waals surface area contributed by atoms with Crippen LogP contribution in [-0.2, 0) is 10.8 Å². The fourth-order valence-electron chi connectivity index (χ4n) is 11.8. The molecule has 0 saturated carbocycles. The van der Waals surface area contributed by atoms with Crippen molar-refractivity contribution in [3.05, 3.63) is 217 Å². The van der Waals surface area contributed by atoms with Crippen LogP contribution in [0, 0.1) is 0 Å². The van der Waals surface area contributed by atoms with Crippen LogP contribution >= 0.6 is 11.3 Å². The van der Waals surface area contributed by atoms with Crippen molar-refractivity contribution in [2.75, 3.05) is 14.7 Å². The molecule has 10 aromatic carbocycles. The minimum Gasteiger partial charge on any atom is -0.456 e. The van der Waals surface area contributed by atoms with Gasteiger partial charge in [0.2, 0.25) is 0 Å². The first-order chi connectivity index (χ1) is 35.0. The van der Waals surface area contributed by atoms with Crippen molar-refractivity contribution < 1.29 is 4.42 Å². The summed E-state index contributed by atoms with van der Waals surface area (Å²) in [4.78, 5) is 7.57. The molecule has 2 aromatic heterocycles. The summed E-state index contributed by atoms with van der Waals surface area (Å²) in [6.45, 7) is 13.7. The summed E-state index contributed by atoms with van der Waals surface area (Å²) in [5.41, 5.74) is 18.7. The molecule has 12 aromatic rings. The summed E-state index contributed by atoms with van der Waals surface area (Å²) >= 11 is 1.89. The molecule has 0 radical (unpaired) electrons. The third-order valence-electron chi connectivity index (χ3n) is 15.3. The van der Waals surface area contributed by atoms with Crippen LogP contribution in [-0.4, -0.2) is 6.71 Å². The smallest absolute Gasteiger partial charge is 0.252 e. The van der Waals surface area contributed by atoms with Crippen LogP contribution in [0.2, 0.25) is 0 Å². The second kappa shape index (κ2) is 15.7. The van der Waals surface area contributed by atoms with E-state index < -0.39 is 0 Å². The van der Waals surface area contributed by atoms with Gasteiger partial charge in [-0.25, -0.2) is 0 Å². The highest BCUT2D eigenvalue weighted by Crippen LogP contribution is 2.50. The molecule has 4 nitrogen and oxygen atoms in total. The number of nitrogens with zero attached hydrogens (tertiary/aromatic N) is 3. The number of fused-ring (bicyclic) bond motifs is 12. The molecule has 346 valence electrons. The zero-order chi connectivity index (χ0) is 48.6. The van der Waals surface area contributed by atoms with Crippen molar-refractivity contribution in [3.8, 4) is 0 Å². The lowest BCUT2D eigenvalue weighted by Crippen LogP contribution is -2.61. The average Bonchev–Trinajstić information content (AvgIpc) is 3.97. The van der Waals surface area contributed by atoms with E-state index in [1.165, 1.54) is 75.5 Å². The van der Waals surface area contributed by atoms with Gasteiger partial charge in [-0.3, -0.25) is 0 Å². The van der Waals surface area contributed by atoms with Crippen LogP contribution in [0.3, 0.4) is 0 Å². The van der Waals surface area contributed by atoms with Crippen LogP contribution in [0.1, 0.15) is 52.7 Å². The Morgan fingerprint density at radius 1 is 0.444 bits per heavy atom. The molecule has 0 spiro atoms. The Bertz CT molecular complexity index is 4150. The van der Waals surface area contributed by atoms with E-state index in [0.29, 0.717) is 0 Å². The molecule has 2 aliphatic rings. The van der Waals surface area contributed by atoms with Crippen LogP contribution < -0.4 is 31.1 Å². The number of para-hydroxylation sites is 1. The molecule has 2 aliphatic heterocycles. The van der Waals surface area contributed by atoms with Gasteiger partial charge >= 0.3 is 0 Å². The normalized spacial score (nSPS) is 13.3. The van der Waals surface area contributed by atoms with Crippen LogP contribution in [0.15, 0.2) is 211 Å². The summed E-state index contributed by atoms with van der Waals surface area (Å²) in [5.74, 6) is 0. The number of anilines is 9. The van der Waals surface area contributed by atoms with Gasteiger partial charge in [0, 0.05) is 76.1 Å². The molecule has 0 fully saturated rings. The fourth-order valence-corrected chi connectivity index (χ4v) is 12.9. The van der Waals surface area contributed by atoms with Crippen molar-refractivity contribution in [1.29, 1.82) is 0 Å². The van der Waals surface area contributed by atoms with Crippen molar-refractivity contribution in [2.24, 2.45) is 0 Å². The number of rotatable bonds is 5. The maximum atomic E-state index is 6.41. The molecular formula is C66H52BN3OS. The Balaban J connectivity index is 1.05. The SMILES string of the molecule is CC(C)(C)c1ccc(N2c3cc(N(c4ccc5oc6ccccc6c5c4)c4cccc5ccccc45)ccc3B3c4ccc5sc6ccccc6c5c4N(c4ccc(C(C)(C)C)cc4)c4cccc2c43)cc1. The van der Waals surface area contributed by atoms with Crippen LogP contribution in [0.5, 0.6) is 0 Å². The predicted octanol–water partition coefficient (Wildman–Crippen LogP) is 17.3. The molecule has 0 bridgehead atoms. The first kappa shape index (κ1) is 42.8. The second-order valence-electron chi connectivity index (χ2n) is 21.7. The molecule has 0 atom stereocenters. The lowest BCUT2D eigenvalue weighted by Gasteiger charge is -2.44. The first-order valence-corrected chi connectivity index (χ1v) is 26.0. The molecule has 0 amide bonds. The van der Waals surface area contributed by atoms with Gasteiger partial charge in [0.1, 0.15) is 11.2 Å². The van der Waals surface area contributed by atoms with E-state index in [4.69, 9.17) is 4.42 Å². The lowest BCUT2D eigenvalue weighted by molar-refractivity contribution is 0.590. The molecule has 0 unspecified atom stereocenters. The van der Waals surface area contributed by atoms with Gasteiger partial charge in [0.25, 0.3) is 6.71 Å². The summed E-state index contributed by atoms with van der Waals surface area (Å²) in [6.07, 6.45) is 0. The van der Waals surface area contributed by atoms with Gasteiger partial charge in [-0.05, 0) is 135 Å². The Kier molecular flexibility index (Phi) is 9.34. The molecule has 0 saturated heterocycles. The summed E-state index contributed by atoms with van der Waals surface area (Å²) < 4.78 is 9.01. The third kappa shape index (κ3) is 6.51. The number of thiophene rings is 1. The monoisotopic (exact) mass is 945 g/mol. The van der Waals surface area contributed by atoms with Gasteiger partial charge in [0.15, 0.2) is 0 Å². The molecule has 0 aliphatic carbocycles.